The SMILES string of the molecule is Cc1ccccc1OCC(=O)N/N=C\c1ccc(OCC(=O)Nc2ccccc2)cc1. The summed E-state index contributed by atoms with van der Waals surface area (Å²) >= 11 is 0. The maximum absolute atomic E-state index is 11.9. The van der Waals surface area contributed by atoms with Gasteiger partial charge in [-0.15, -0.1) is 0 Å². The van der Waals surface area contributed by atoms with E-state index in [1.807, 2.05) is 43.3 Å². The van der Waals surface area contributed by atoms with Crippen molar-refractivity contribution in [2.24, 2.45) is 5.10 Å². The first-order chi connectivity index (χ1) is 15.1. The van der Waals surface area contributed by atoms with Gasteiger partial charge in [-0.05, 0) is 60.5 Å². The summed E-state index contributed by atoms with van der Waals surface area (Å²) in [5.41, 5.74) is 4.86. The number of nitrogens with zero attached hydrogens (tertiary/aromatic N) is 1. The van der Waals surface area contributed by atoms with Gasteiger partial charge >= 0.3 is 0 Å². The maximum Gasteiger partial charge on any atom is 0.277 e. The van der Waals surface area contributed by atoms with Crippen LogP contribution in [0.15, 0.2) is 84.0 Å². The number of rotatable bonds is 9. The largest absolute Gasteiger partial charge is 0.484 e. The third kappa shape index (κ3) is 7.32. The van der Waals surface area contributed by atoms with Crippen LogP contribution in [-0.4, -0.2) is 31.2 Å². The third-order valence-electron chi connectivity index (χ3n) is 4.16. The van der Waals surface area contributed by atoms with E-state index in [0.29, 0.717) is 17.2 Å². The van der Waals surface area contributed by atoms with Gasteiger partial charge in [0.25, 0.3) is 11.8 Å². The molecular weight excluding hydrogens is 394 g/mol. The van der Waals surface area contributed by atoms with Crippen LogP contribution in [0.3, 0.4) is 0 Å². The fourth-order valence-corrected chi connectivity index (χ4v) is 2.59. The molecule has 7 heteroatoms. The number of anilines is 1. The first-order valence-electron chi connectivity index (χ1n) is 9.68. The van der Waals surface area contributed by atoms with Gasteiger partial charge in [0, 0.05) is 5.69 Å². The molecule has 0 aliphatic heterocycles. The van der Waals surface area contributed by atoms with E-state index in [4.69, 9.17) is 9.47 Å². The van der Waals surface area contributed by atoms with Crippen LogP contribution in [0.2, 0.25) is 0 Å². The Bertz CT molecular complexity index is 1030. The number of nitrogens with one attached hydrogen (secondary N) is 2. The highest BCUT2D eigenvalue weighted by atomic mass is 16.5. The summed E-state index contributed by atoms with van der Waals surface area (Å²) in [5, 5.41) is 6.67. The van der Waals surface area contributed by atoms with E-state index >= 15 is 0 Å². The molecule has 0 radical (unpaired) electrons. The highest BCUT2D eigenvalue weighted by Gasteiger charge is 2.04. The van der Waals surface area contributed by atoms with E-state index in [1.165, 1.54) is 6.21 Å². The molecule has 0 saturated heterocycles. The van der Waals surface area contributed by atoms with Gasteiger partial charge in [0.2, 0.25) is 0 Å². The summed E-state index contributed by atoms with van der Waals surface area (Å²) in [6.45, 7) is 1.69. The molecule has 0 aliphatic carbocycles. The van der Waals surface area contributed by atoms with Crippen LogP contribution >= 0.6 is 0 Å². The van der Waals surface area contributed by atoms with Crippen LogP contribution in [-0.2, 0) is 9.59 Å². The lowest BCUT2D eigenvalue weighted by molar-refractivity contribution is -0.123. The van der Waals surface area contributed by atoms with Crippen LogP contribution in [0.25, 0.3) is 0 Å². The smallest absolute Gasteiger partial charge is 0.277 e. The van der Waals surface area contributed by atoms with Crippen molar-refractivity contribution >= 4 is 23.7 Å². The van der Waals surface area contributed by atoms with Crippen molar-refractivity contribution in [3.8, 4) is 11.5 Å². The number of hydrogen-bond acceptors (Lipinski definition) is 5. The molecule has 0 atom stereocenters. The van der Waals surface area contributed by atoms with Crippen LogP contribution in [0.1, 0.15) is 11.1 Å². The standard InChI is InChI=1S/C24H23N3O4/c1-18-7-5-6-10-22(18)31-17-24(29)27-25-15-19-11-13-21(14-12-19)30-16-23(28)26-20-8-3-2-4-9-20/h2-15H,16-17H2,1H3,(H,26,28)(H,27,29)/b25-15-. The summed E-state index contributed by atoms with van der Waals surface area (Å²) in [7, 11) is 0. The lowest BCUT2D eigenvalue weighted by Gasteiger charge is -2.08. The fourth-order valence-electron chi connectivity index (χ4n) is 2.59. The van der Waals surface area contributed by atoms with Crippen molar-refractivity contribution in [2.45, 2.75) is 6.92 Å². The molecule has 0 fully saturated rings. The van der Waals surface area contributed by atoms with E-state index in [9.17, 15) is 9.59 Å². The van der Waals surface area contributed by atoms with E-state index in [2.05, 4.69) is 15.8 Å². The summed E-state index contributed by atoms with van der Waals surface area (Å²) in [5.74, 6) is 0.613. The van der Waals surface area contributed by atoms with Gasteiger partial charge in [-0.3, -0.25) is 9.59 Å². The second kappa shape index (κ2) is 11.2. The first kappa shape index (κ1) is 21.6. The van der Waals surface area contributed by atoms with Crippen LogP contribution < -0.4 is 20.2 Å². The summed E-state index contributed by atoms with van der Waals surface area (Å²) in [6.07, 6.45) is 1.51. The Morgan fingerprint density at radius 2 is 1.52 bits per heavy atom. The highest BCUT2D eigenvalue weighted by Crippen LogP contribution is 2.15. The Kier molecular flexibility index (Phi) is 7.77. The van der Waals surface area contributed by atoms with Crippen LogP contribution in [0, 0.1) is 6.92 Å². The Balaban J connectivity index is 1.39. The van der Waals surface area contributed by atoms with Gasteiger partial charge in [-0.25, -0.2) is 5.43 Å². The van der Waals surface area contributed by atoms with Crippen LogP contribution in [0.4, 0.5) is 5.69 Å². The predicted octanol–water partition coefficient (Wildman–Crippen LogP) is 3.54. The van der Waals surface area contributed by atoms with Crippen LogP contribution in [0.5, 0.6) is 11.5 Å². The molecule has 0 aliphatic rings. The average molecular weight is 417 g/mol. The second-order valence-corrected chi connectivity index (χ2v) is 6.62. The minimum atomic E-state index is -0.358. The Morgan fingerprint density at radius 1 is 0.839 bits per heavy atom. The van der Waals surface area contributed by atoms with Gasteiger partial charge < -0.3 is 14.8 Å². The average Bonchev–Trinajstić information content (AvgIpc) is 2.79. The lowest BCUT2D eigenvalue weighted by Crippen LogP contribution is -2.24. The molecule has 0 bridgehead atoms. The number of carbonyl (C=O) groups excluding carboxylic acids is 2. The molecule has 7 nitrogen and oxygen atoms in total. The lowest BCUT2D eigenvalue weighted by atomic mass is 10.2. The fraction of sp³-hybridized carbons (Fsp3) is 0.125. The molecule has 2 amide bonds. The van der Waals surface area contributed by atoms with Gasteiger partial charge in [-0.1, -0.05) is 36.4 Å². The number of para-hydroxylation sites is 2. The van der Waals surface area contributed by atoms with E-state index in [0.717, 1.165) is 11.1 Å². The van der Waals surface area contributed by atoms with Gasteiger partial charge in [0.1, 0.15) is 11.5 Å². The molecule has 0 saturated carbocycles. The van der Waals surface area contributed by atoms with Crippen molar-refractivity contribution in [1.82, 2.24) is 5.43 Å². The molecule has 0 spiro atoms. The minimum absolute atomic E-state index is 0.0979. The van der Waals surface area contributed by atoms with Crippen molar-refractivity contribution in [3.05, 3.63) is 90.0 Å². The zero-order chi connectivity index (χ0) is 21.9. The molecule has 3 aromatic carbocycles. The third-order valence-corrected chi connectivity index (χ3v) is 4.16. The topological polar surface area (TPSA) is 89.0 Å². The second-order valence-electron chi connectivity index (χ2n) is 6.62. The molecule has 0 aromatic heterocycles. The number of carbonyl (C=O) groups is 2. The summed E-state index contributed by atoms with van der Waals surface area (Å²) in [6, 6.07) is 23.6. The molecule has 31 heavy (non-hydrogen) atoms. The highest BCUT2D eigenvalue weighted by molar-refractivity contribution is 5.91. The van der Waals surface area contributed by atoms with Gasteiger partial charge in [0.05, 0.1) is 6.21 Å². The van der Waals surface area contributed by atoms with E-state index in [-0.39, 0.29) is 25.0 Å². The molecule has 158 valence electrons. The number of aryl methyl sites for hydroxylation is 1. The number of benzene rings is 3. The first-order valence-corrected chi connectivity index (χ1v) is 9.68. The Labute approximate surface area is 180 Å². The normalized spacial score (nSPS) is 10.5. The van der Waals surface area contributed by atoms with Crippen molar-refractivity contribution < 1.29 is 19.1 Å². The molecule has 0 unspecified atom stereocenters. The Morgan fingerprint density at radius 3 is 2.26 bits per heavy atom. The quantitative estimate of drug-likeness (QED) is 0.412. The van der Waals surface area contributed by atoms with E-state index in [1.54, 1.807) is 42.5 Å². The molecule has 2 N–H and O–H groups in total. The van der Waals surface area contributed by atoms with Gasteiger partial charge in [-0.2, -0.15) is 5.10 Å². The maximum atomic E-state index is 11.9. The number of amides is 2. The zero-order valence-electron chi connectivity index (χ0n) is 17.1. The molecule has 0 heterocycles. The van der Waals surface area contributed by atoms with Crippen molar-refractivity contribution in [2.75, 3.05) is 18.5 Å². The van der Waals surface area contributed by atoms with Gasteiger partial charge in [0.15, 0.2) is 13.2 Å². The van der Waals surface area contributed by atoms with Crippen molar-refractivity contribution in [1.29, 1.82) is 0 Å². The number of hydrogen-bond donors (Lipinski definition) is 2. The summed E-state index contributed by atoms with van der Waals surface area (Å²) in [4.78, 5) is 23.8. The molecular formula is C24H23N3O4. The Hall–Kier alpha value is -4.13. The minimum Gasteiger partial charge on any atom is -0.484 e. The number of ether oxygens (including phenoxy) is 2. The van der Waals surface area contributed by atoms with E-state index < -0.39 is 0 Å². The predicted molar refractivity (Wildman–Crippen MR) is 119 cm³/mol. The molecule has 3 aromatic rings. The molecule has 3 rings (SSSR count). The number of hydrazone groups is 1. The zero-order valence-corrected chi connectivity index (χ0v) is 17.1. The van der Waals surface area contributed by atoms with Crippen molar-refractivity contribution in [3.63, 3.8) is 0 Å². The summed E-state index contributed by atoms with van der Waals surface area (Å²) < 4.78 is 10.9. The monoisotopic (exact) mass is 417 g/mol.